The fourth-order valence-electron chi connectivity index (χ4n) is 4.87. The fraction of sp³-hybridized carbons (Fsp3) is 0.0625. The van der Waals surface area contributed by atoms with Crippen molar-refractivity contribution in [1.29, 1.82) is 0 Å². The molecule has 1 N–H and O–H groups in total. The Hall–Kier alpha value is -5.10. The van der Waals surface area contributed by atoms with Crippen LogP contribution in [0.25, 0.3) is 38.3 Å². The molecule has 0 radical (unpaired) electrons. The van der Waals surface area contributed by atoms with E-state index in [0.29, 0.717) is 11.4 Å². The number of aromatic nitrogens is 3. The highest BCUT2D eigenvalue weighted by Crippen LogP contribution is 2.28. The quantitative estimate of drug-likeness (QED) is 0.231. The Balaban J connectivity index is 1.52. The van der Waals surface area contributed by atoms with Crippen molar-refractivity contribution < 1.29 is 4.79 Å². The van der Waals surface area contributed by atoms with Crippen LogP contribution >= 0.6 is 0 Å². The Morgan fingerprint density at radius 3 is 2.61 bits per heavy atom. The van der Waals surface area contributed by atoms with E-state index in [0.717, 1.165) is 50.1 Å². The zero-order chi connectivity index (χ0) is 26.2. The number of benzene rings is 3. The van der Waals surface area contributed by atoms with Crippen LogP contribution in [-0.4, -0.2) is 20.4 Å². The van der Waals surface area contributed by atoms with E-state index >= 15 is 0 Å². The maximum atomic E-state index is 13.3. The summed E-state index contributed by atoms with van der Waals surface area (Å²) in [5.74, 6) is -0.306. The van der Waals surface area contributed by atoms with Crippen LogP contribution in [0.3, 0.4) is 0 Å². The molecular weight excluding hydrogens is 472 g/mol. The van der Waals surface area contributed by atoms with Gasteiger partial charge in [-0.05, 0) is 84.0 Å². The van der Waals surface area contributed by atoms with Gasteiger partial charge in [0.05, 0.1) is 16.7 Å². The van der Waals surface area contributed by atoms with Crippen LogP contribution in [0.15, 0.2) is 109 Å². The molecule has 0 bridgehead atoms. The molecule has 0 aliphatic heterocycles. The summed E-state index contributed by atoms with van der Waals surface area (Å²) in [5, 5.41) is 6.83. The van der Waals surface area contributed by atoms with Gasteiger partial charge < -0.3 is 5.32 Å². The van der Waals surface area contributed by atoms with Gasteiger partial charge in [0.1, 0.15) is 0 Å². The van der Waals surface area contributed by atoms with Crippen molar-refractivity contribution in [1.82, 2.24) is 14.5 Å². The van der Waals surface area contributed by atoms with Crippen molar-refractivity contribution in [3.63, 3.8) is 0 Å². The molecule has 3 aromatic carbocycles. The zero-order valence-electron chi connectivity index (χ0n) is 20.8. The molecule has 0 aliphatic rings. The van der Waals surface area contributed by atoms with Gasteiger partial charge in [-0.3, -0.25) is 24.1 Å². The first-order chi connectivity index (χ1) is 18.5. The molecule has 0 spiro atoms. The summed E-state index contributed by atoms with van der Waals surface area (Å²) >= 11 is 0. The molecule has 6 heteroatoms. The van der Waals surface area contributed by atoms with Gasteiger partial charge in [-0.2, -0.15) is 0 Å². The second-order valence-corrected chi connectivity index (χ2v) is 9.35. The smallest absolute Gasteiger partial charge is 0.255 e. The van der Waals surface area contributed by atoms with Gasteiger partial charge in [-0.25, -0.2) is 0 Å². The number of nitrogens with one attached hydrogen (secondary N) is 1. The predicted molar refractivity (Wildman–Crippen MR) is 153 cm³/mol. The molecule has 0 fully saturated rings. The number of fused-ring (bicyclic) bond motifs is 4. The van der Waals surface area contributed by atoms with Crippen LogP contribution in [0.5, 0.6) is 0 Å². The maximum Gasteiger partial charge on any atom is 0.255 e. The lowest BCUT2D eigenvalue weighted by molar-refractivity contribution is -0.111. The number of rotatable bonds is 5. The highest BCUT2D eigenvalue weighted by atomic mass is 16.1. The third-order valence-corrected chi connectivity index (χ3v) is 6.82. The number of carbonyl (C=O) groups excluding carboxylic acids is 1. The summed E-state index contributed by atoms with van der Waals surface area (Å²) in [6.07, 6.45) is 7.42. The van der Waals surface area contributed by atoms with Crippen LogP contribution in [0.2, 0.25) is 0 Å². The van der Waals surface area contributed by atoms with E-state index in [2.05, 4.69) is 52.2 Å². The van der Waals surface area contributed by atoms with Gasteiger partial charge in [0.2, 0.25) is 5.91 Å². The molecule has 0 unspecified atom stereocenters. The van der Waals surface area contributed by atoms with E-state index in [1.54, 1.807) is 29.1 Å². The lowest BCUT2D eigenvalue weighted by Gasteiger charge is -2.15. The lowest BCUT2D eigenvalue weighted by Crippen LogP contribution is -2.18. The third-order valence-electron chi connectivity index (χ3n) is 6.82. The van der Waals surface area contributed by atoms with E-state index in [1.807, 2.05) is 43.5 Å². The number of pyridine rings is 3. The van der Waals surface area contributed by atoms with Gasteiger partial charge in [0, 0.05) is 46.5 Å². The van der Waals surface area contributed by atoms with E-state index in [-0.39, 0.29) is 11.5 Å². The number of carbonyl (C=O) groups is 1. The second kappa shape index (κ2) is 9.41. The molecule has 6 aromatic rings. The number of aryl methyl sites for hydroxylation is 1. The Bertz CT molecular complexity index is 1960. The molecule has 6 rings (SSSR count). The molecule has 3 heterocycles. The molecule has 3 aromatic heterocycles. The van der Waals surface area contributed by atoms with Crippen LogP contribution in [0.4, 0.5) is 5.69 Å². The van der Waals surface area contributed by atoms with E-state index < -0.39 is 0 Å². The first-order valence-corrected chi connectivity index (χ1v) is 12.3. The highest BCUT2D eigenvalue weighted by molar-refractivity contribution is 6.04. The minimum Gasteiger partial charge on any atom is -0.322 e. The van der Waals surface area contributed by atoms with Crippen LogP contribution in [-0.2, 0) is 11.2 Å². The first-order valence-electron chi connectivity index (χ1n) is 12.3. The van der Waals surface area contributed by atoms with Gasteiger partial charge in [-0.1, -0.05) is 30.8 Å². The average Bonchev–Trinajstić information content (AvgIpc) is 2.94. The van der Waals surface area contributed by atoms with Crippen molar-refractivity contribution in [3.8, 4) is 5.69 Å². The normalized spacial score (nSPS) is 11.2. The Kier molecular flexibility index (Phi) is 5.77. The fourth-order valence-corrected chi connectivity index (χ4v) is 4.87. The van der Waals surface area contributed by atoms with E-state index in [4.69, 9.17) is 0 Å². The average molecular weight is 497 g/mol. The molecule has 0 atom stereocenters. The van der Waals surface area contributed by atoms with Crippen LogP contribution in [0.1, 0.15) is 16.7 Å². The minimum absolute atomic E-state index is 0.165. The highest BCUT2D eigenvalue weighted by Gasteiger charge is 2.13. The molecule has 184 valence electrons. The number of hydrogen-bond donors (Lipinski definition) is 1. The largest absolute Gasteiger partial charge is 0.322 e. The molecule has 38 heavy (non-hydrogen) atoms. The standard InChI is InChI=1S/C32H24N4O2/c1-3-30(37)35-29-17-26(9-4-20(29)2)36-31(38)11-8-24-19-34-28-10-6-22(16-27(28)32(24)36)14-21-5-7-23-12-13-33-18-25(23)15-21/h3-13,15-19H,1,14H2,2H3,(H,35,37). The monoisotopic (exact) mass is 496 g/mol. The summed E-state index contributed by atoms with van der Waals surface area (Å²) in [6, 6.07) is 23.6. The summed E-state index contributed by atoms with van der Waals surface area (Å²) in [4.78, 5) is 34.2. The predicted octanol–water partition coefficient (Wildman–Crippen LogP) is 6.11. The first kappa shape index (κ1) is 23.3. The molecule has 6 nitrogen and oxygen atoms in total. The topological polar surface area (TPSA) is 76.9 Å². The van der Waals surface area contributed by atoms with Crippen molar-refractivity contribution >= 4 is 44.2 Å². The summed E-state index contributed by atoms with van der Waals surface area (Å²) in [6.45, 7) is 5.44. The maximum absolute atomic E-state index is 13.3. The van der Waals surface area contributed by atoms with Gasteiger partial charge >= 0.3 is 0 Å². The zero-order valence-corrected chi connectivity index (χ0v) is 20.8. The number of hydrogen-bond acceptors (Lipinski definition) is 4. The number of nitrogens with zero attached hydrogens (tertiary/aromatic N) is 3. The molecule has 0 saturated heterocycles. The summed E-state index contributed by atoms with van der Waals surface area (Å²) in [7, 11) is 0. The second-order valence-electron chi connectivity index (χ2n) is 9.35. The molecular formula is C32H24N4O2. The van der Waals surface area contributed by atoms with Crippen molar-refractivity contribution in [2.24, 2.45) is 0 Å². The third kappa shape index (κ3) is 4.22. The van der Waals surface area contributed by atoms with Gasteiger partial charge in [0.25, 0.3) is 5.56 Å². The van der Waals surface area contributed by atoms with Gasteiger partial charge in [0.15, 0.2) is 0 Å². The lowest BCUT2D eigenvalue weighted by atomic mass is 10.00. The number of amides is 1. The summed E-state index contributed by atoms with van der Waals surface area (Å²) in [5.41, 5.74) is 5.87. The Labute approximate surface area is 218 Å². The van der Waals surface area contributed by atoms with Crippen molar-refractivity contribution in [2.75, 3.05) is 5.32 Å². The van der Waals surface area contributed by atoms with Gasteiger partial charge in [-0.15, -0.1) is 0 Å². The molecule has 1 amide bonds. The van der Waals surface area contributed by atoms with E-state index in [1.165, 1.54) is 11.6 Å². The van der Waals surface area contributed by atoms with Crippen molar-refractivity contribution in [2.45, 2.75) is 13.3 Å². The SMILES string of the molecule is C=CC(=O)Nc1cc(-n2c(=O)ccc3cnc4ccc(Cc5ccc6ccncc6c5)cc4c32)ccc1C. The Morgan fingerprint density at radius 1 is 0.921 bits per heavy atom. The summed E-state index contributed by atoms with van der Waals surface area (Å²) < 4.78 is 1.69. The number of anilines is 1. The van der Waals surface area contributed by atoms with Crippen LogP contribution in [0, 0.1) is 6.92 Å². The minimum atomic E-state index is -0.306. The van der Waals surface area contributed by atoms with E-state index in [9.17, 15) is 9.59 Å². The molecule has 0 saturated carbocycles. The molecule has 0 aliphatic carbocycles. The van der Waals surface area contributed by atoms with Crippen molar-refractivity contribution in [3.05, 3.63) is 131 Å². The Morgan fingerprint density at radius 2 is 1.74 bits per heavy atom. The van der Waals surface area contributed by atoms with Crippen LogP contribution < -0.4 is 10.9 Å².